The molecule has 0 atom stereocenters. The van der Waals surface area contributed by atoms with Gasteiger partial charge in [-0.1, -0.05) is 0 Å². The summed E-state index contributed by atoms with van der Waals surface area (Å²) in [5.41, 5.74) is 1.78. The molecule has 0 bridgehead atoms. The van der Waals surface area contributed by atoms with Crippen LogP contribution in [0.15, 0.2) is 48.7 Å². The van der Waals surface area contributed by atoms with Gasteiger partial charge in [0.25, 0.3) is 5.91 Å². The Morgan fingerprint density at radius 1 is 1.16 bits per heavy atom. The predicted octanol–water partition coefficient (Wildman–Crippen LogP) is 2.05. The molecular formula is C17H14FN5O2. The molecule has 0 saturated heterocycles. The lowest BCUT2D eigenvalue weighted by molar-refractivity contribution is 0.0962. The molecule has 25 heavy (non-hydrogen) atoms. The van der Waals surface area contributed by atoms with E-state index in [1.165, 1.54) is 12.1 Å². The Labute approximate surface area is 142 Å². The van der Waals surface area contributed by atoms with Gasteiger partial charge in [-0.3, -0.25) is 9.48 Å². The van der Waals surface area contributed by atoms with Gasteiger partial charge in [-0.15, -0.1) is 5.10 Å². The summed E-state index contributed by atoms with van der Waals surface area (Å²) in [4.78, 5) is 14.3. The fourth-order valence-corrected chi connectivity index (χ4v) is 2.70. The van der Waals surface area contributed by atoms with Crippen molar-refractivity contribution in [3.05, 3.63) is 65.9 Å². The van der Waals surface area contributed by atoms with Crippen LogP contribution in [0.3, 0.4) is 0 Å². The summed E-state index contributed by atoms with van der Waals surface area (Å²) >= 11 is 0. The molecule has 0 unspecified atom stereocenters. The molecular weight excluding hydrogens is 325 g/mol. The summed E-state index contributed by atoms with van der Waals surface area (Å²) in [5.74, 6) is -0.106. The van der Waals surface area contributed by atoms with Crippen LogP contribution in [0.5, 0.6) is 5.88 Å². The molecule has 0 radical (unpaired) electrons. The molecule has 0 spiro atoms. The summed E-state index contributed by atoms with van der Waals surface area (Å²) in [6.07, 6.45) is 1.56. The topological polar surface area (TPSA) is 73.1 Å². The van der Waals surface area contributed by atoms with E-state index in [0.717, 1.165) is 0 Å². The van der Waals surface area contributed by atoms with Crippen molar-refractivity contribution in [3.8, 4) is 5.88 Å². The minimum Gasteiger partial charge on any atom is -0.470 e. The normalized spacial score (nSPS) is 13.6. The number of carbonyl (C=O) groups is 1. The van der Waals surface area contributed by atoms with E-state index in [9.17, 15) is 9.18 Å². The average Bonchev–Trinajstić information content (AvgIpc) is 3.06. The van der Waals surface area contributed by atoms with E-state index < -0.39 is 0 Å². The summed E-state index contributed by atoms with van der Waals surface area (Å²) in [7, 11) is 0. The third kappa shape index (κ3) is 3.06. The Balaban J connectivity index is 1.51. The van der Waals surface area contributed by atoms with E-state index in [2.05, 4.69) is 15.3 Å². The van der Waals surface area contributed by atoms with Gasteiger partial charge in [0.15, 0.2) is 0 Å². The van der Waals surface area contributed by atoms with E-state index in [0.29, 0.717) is 36.0 Å². The molecule has 4 rings (SSSR count). The fraction of sp³-hybridized carbons (Fsp3) is 0.176. The Bertz CT molecular complexity index is 895. The number of ether oxygens (including phenoxy) is 1. The number of aromatic nitrogens is 4. The van der Waals surface area contributed by atoms with Crippen molar-refractivity contribution >= 4 is 11.6 Å². The van der Waals surface area contributed by atoms with Crippen LogP contribution in [0.1, 0.15) is 16.2 Å². The second kappa shape index (κ2) is 6.31. The van der Waals surface area contributed by atoms with Crippen LogP contribution in [0.25, 0.3) is 0 Å². The van der Waals surface area contributed by atoms with Gasteiger partial charge >= 0.3 is 0 Å². The van der Waals surface area contributed by atoms with Crippen molar-refractivity contribution in [2.24, 2.45) is 0 Å². The summed E-state index contributed by atoms with van der Waals surface area (Å²) in [6, 6.07) is 11.0. The van der Waals surface area contributed by atoms with Gasteiger partial charge < -0.3 is 9.64 Å². The number of amides is 1. The summed E-state index contributed by atoms with van der Waals surface area (Å²) in [5, 5.41) is 12.0. The van der Waals surface area contributed by atoms with Crippen LogP contribution < -0.4 is 9.64 Å². The second-order valence-electron chi connectivity index (χ2n) is 5.53. The SMILES string of the molecule is O=C1c2cc(COc3cccnn3)nn2CCN1c1ccc(F)cc1. The zero-order valence-electron chi connectivity index (χ0n) is 13.2. The van der Waals surface area contributed by atoms with E-state index in [4.69, 9.17) is 4.74 Å². The lowest BCUT2D eigenvalue weighted by atomic mass is 10.2. The molecule has 3 heterocycles. The summed E-state index contributed by atoms with van der Waals surface area (Å²) < 4.78 is 20.3. The molecule has 3 aromatic rings. The van der Waals surface area contributed by atoms with E-state index >= 15 is 0 Å². The Morgan fingerprint density at radius 3 is 2.76 bits per heavy atom. The lowest BCUT2D eigenvalue weighted by Gasteiger charge is -2.27. The van der Waals surface area contributed by atoms with Gasteiger partial charge in [0, 0.05) is 24.5 Å². The molecule has 8 heteroatoms. The van der Waals surface area contributed by atoms with Gasteiger partial charge in [-0.25, -0.2) is 4.39 Å². The van der Waals surface area contributed by atoms with Crippen molar-refractivity contribution < 1.29 is 13.9 Å². The number of anilines is 1. The number of rotatable bonds is 4. The first-order valence-electron chi connectivity index (χ1n) is 7.75. The third-order valence-electron chi connectivity index (χ3n) is 3.88. The standard InChI is InChI=1S/C17H14FN5O2/c18-12-3-5-14(6-4-12)22-8-9-23-15(17(22)24)10-13(21-23)11-25-16-2-1-7-19-20-16/h1-7,10H,8-9,11H2. The molecule has 1 aliphatic heterocycles. The van der Waals surface area contributed by atoms with Gasteiger partial charge in [0.2, 0.25) is 5.88 Å². The Hall–Kier alpha value is -3.29. The lowest BCUT2D eigenvalue weighted by Crippen LogP contribution is -2.40. The molecule has 0 N–H and O–H groups in total. The highest BCUT2D eigenvalue weighted by Gasteiger charge is 2.27. The quantitative estimate of drug-likeness (QED) is 0.727. The van der Waals surface area contributed by atoms with Crippen molar-refractivity contribution in [2.45, 2.75) is 13.2 Å². The summed E-state index contributed by atoms with van der Waals surface area (Å²) in [6.45, 7) is 1.23. The highest BCUT2D eigenvalue weighted by molar-refractivity contribution is 6.05. The highest BCUT2D eigenvalue weighted by atomic mass is 19.1. The molecule has 1 amide bonds. The zero-order chi connectivity index (χ0) is 17.2. The average molecular weight is 339 g/mol. The van der Waals surface area contributed by atoms with E-state index in [-0.39, 0.29) is 18.3 Å². The van der Waals surface area contributed by atoms with Crippen LogP contribution in [0.4, 0.5) is 10.1 Å². The first-order chi connectivity index (χ1) is 12.2. The van der Waals surface area contributed by atoms with E-state index in [1.54, 1.807) is 46.1 Å². The van der Waals surface area contributed by atoms with Crippen LogP contribution in [-0.4, -0.2) is 32.4 Å². The van der Waals surface area contributed by atoms with Gasteiger partial charge in [-0.2, -0.15) is 10.2 Å². The number of benzene rings is 1. The number of hydrogen-bond donors (Lipinski definition) is 0. The fourth-order valence-electron chi connectivity index (χ4n) is 2.70. The Kier molecular flexibility index (Phi) is 3.85. The molecule has 7 nitrogen and oxygen atoms in total. The van der Waals surface area contributed by atoms with Gasteiger partial charge in [0.05, 0.1) is 6.54 Å². The Morgan fingerprint density at radius 2 is 2.00 bits per heavy atom. The van der Waals surface area contributed by atoms with Crippen LogP contribution in [0, 0.1) is 5.82 Å². The first-order valence-corrected chi connectivity index (χ1v) is 7.75. The van der Waals surface area contributed by atoms with Gasteiger partial charge in [0.1, 0.15) is 23.8 Å². The number of carbonyl (C=O) groups excluding carboxylic acids is 1. The number of hydrogen-bond acceptors (Lipinski definition) is 5. The van der Waals surface area contributed by atoms with Crippen molar-refractivity contribution in [2.75, 3.05) is 11.4 Å². The van der Waals surface area contributed by atoms with Crippen LogP contribution in [-0.2, 0) is 13.2 Å². The number of halogens is 1. The molecule has 1 aliphatic rings. The van der Waals surface area contributed by atoms with Crippen LogP contribution >= 0.6 is 0 Å². The molecule has 0 saturated carbocycles. The molecule has 126 valence electrons. The smallest absolute Gasteiger partial charge is 0.276 e. The maximum atomic E-state index is 13.1. The second-order valence-corrected chi connectivity index (χ2v) is 5.53. The zero-order valence-corrected chi connectivity index (χ0v) is 13.2. The molecule has 2 aromatic heterocycles. The largest absolute Gasteiger partial charge is 0.470 e. The van der Waals surface area contributed by atoms with Crippen molar-refractivity contribution in [1.82, 2.24) is 20.0 Å². The van der Waals surface area contributed by atoms with Gasteiger partial charge in [-0.05, 0) is 36.4 Å². The molecule has 0 fully saturated rings. The first kappa shape index (κ1) is 15.3. The highest BCUT2D eigenvalue weighted by Crippen LogP contribution is 2.22. The maximum absolute atomic E-state index is 13.1. The minimum absolute atomic E-state index is 0.170. The number of nitrogens with zero attached hydrogens (tertiary/aromatic N) is 5. The van der Waals surface area contributed by atoms with Crippen LogP contribution in [0.2, 0.25) is 0 Å². The van der Waals surface area contributed by atoms with E-state index in [1.807, 2.05) is 0 Å². The molecule has 1 aromatic carbocycles. The van der Waals surface area contributed by atoms with Crippen molar-refractivity contribution in [3.63, 3.8) is 0 Å². The predicted molar refractivity (Wildman–Crippen MR) is 86.7 cm³/mol. The minimum atomic E-state index is -0.332. The molecule has 0 aliphatic carbocycles. The number of fused-ring (bicyclic) bond motifs is 1. The maximum Gasteiger partial charge on any atom is 0.276 e. The third-order valence-corrected chi connectivity index (χ3v) is 3.88. The van der Waals surface area contributed by atoms with Crippen molar-refractivity contribution in [1.29, 1.82) is 0 Å². The monoisotopic (exact) mass is 339 g/mol.